The van der Waals surface area contributed by atoms with Crippen LogP contribution in [0.15, 0.2) is 30.3 Å². The van der Waals surface area contributed by atoms with Gasteiger partial charge in [0.2, 0.25) is 11.8 Å². The molecule has 42 heavy (non-hydrogen) atoms. The number of ether oxygens (including phenoxy) is 2. The van der Waals surface area contributed by atoms with Crippen LogP contribution in [0.4, 0.5) is 13.6 Å². The summed E-state index contributed by atoms with van der Waals surface area (Å²) in [4.78, 5) is 33.1. The molecule has 234 valence electrons. The molecule has 4 heterocycles. The van der Waals surface area contributed by atoms with Crippen molar-refractivity contribution in [1.29, 1.82) is 0 Å². The summed E-state index contributed by atoms with van der Waals surface area (Å²) in [6.45, 7) is 3.87. The van der Waals surface area contributed by atoms with Crippen LogP contribution in [0.25, 0.3) is 0 Å². The number of rotatable bonds is 8. The van der Waals surface area contributed by atoms with Crippen molar-refractivity contribution in [2.45, 2.75) is 87.4 Å². The second kappa shape index (κ2) is 12.9. The highest BCUT2D eigenvalue weighted by Gasteiger charge is 2.56. The Labute approximate surface area is 253 Å². The van der Waals surface area contributed by atoms with Gasteiger partial charge in [-0.25, -0.2) is 13.6 Å². The van der Waals surface area contributed by atoms with Gasteiger partial charge in [-0.3, -0.25) is 9.69 Å². The van der Waals surface area contributed by atoms with Gasteiger partial charge in [-0.1, -0.05) is 30.3 Å². The van der Waals surface area contributed by atoms with E-state index in [0.717, 1.165) is 50.8 Å². The number of amides is 3. The predicted molar refractivity (Wildman–Crippen MR) is 157 cm³/mol. The third-order valence-electron chi connectivity index (χ3n) is 10.4. The van der Waals surface area contributed by atoms with Crippen molar-refractivity contribution < 1.29 is 27.8 Å². The highest BCUT2D eigenvalue weighted by Crippen LogP contribution is 2.46. The van der Waals surface area contributed by atoms with Gasteiger partial charge >= 0.3 is 6.03 Å². The van der Waals surface area contributed by atoms with Crippen molar-refractivity contribution in [3.8, 4) is 0 Å². The monoisotopic (exact) mass is 610 g/mol. The van der Waals surface area contributed by atoms with Crippen LogP contribution in [0.5, 0.6) is 0 Å². The van der Waals surface area contributed by atoms with Crippen LogP contribution in [0.2, 0.25) is 0 Å². The van der Waals surface area contributed by atoms with E-state index >= 15 is 0 Å². The van der Waals surface area contributed by atoms with E-state index in [4.69, 9.17) is 9.47 Å². The molecule has 1 saturated carbocycles. The van der Waals surface area contributed by atoms with E-state index in [2.05, 4.69) is 10.2 Å². The number of carbonyl (C=O) groups is 2. The number of nitrogens with zero attached hydrogens (tertiary/aromatic N) is 3. The van der Waals surface area contributed by atoms with E-state index in [1.807, 2.05) is 47.2 Å². The molecule has 3 amide bonds. The maximum atomic E-state index is 13.7. The minimum atomic E-state index is -2.64. The van der Waals surface area contributed by atoms with Crippen molar-refractivity contribution in [1.82, 2.24) is 20.0 Å². The first-order valence-electron chi connectivity index (χ1n) is 15.4. The molecule has 1 aromatic rings. The summed E-state index contributed by atoms with van der Waals surface area (Å²) in [7, 11) is 1.97. The number of alkyl halides is 2. The van der Waals surface area contributed by atoms with Crippen LogP contribution in [0.3, 0.4) is 0 Å². The van der Waals surface area contributed by atoms with Crippen molar-refractivity contribution in [2.24, 2.45) is 11.8 Å². The summed E-state index contributed by atoms with van der Waals surface area (Å²) in [5, 5.41) is 3.24. The number of benzene rings is 1. The van der Waals surface area contributed by atoms with Crippen LogP contribution in [0, 0.1) is 11.8 Å². The zero-order valence-electron chi connectivity index (χ0n) is 24.5. The number of urea groups is 1. The Morgan fingerprint density at radius 1 is 1.05 bits per heavy atom. The minimum Gasteiger partial charge on any atom is -0.355 e. The molecule has 2 unspecified atom stereocenters. The summed E-state index contributed by atoms with van der Waals surface area (Å²) < 4.78 is 38.3. The summed E-state index contributed by atoms with van der Waals surface area (Å²) >= 11 is 0. The smallest absolute Gasteiger partial charge is 0.320 e. The van der Waals surface area contributed by atoms with Crippen LogP contribution >= 0.6 is 12.4 Å². The largest absolute Gasteiger partial charge is 0.355 e. The van der Waals surface area contributed by atoms with E-state index in [1.54, 1.807) is 0 Å². The number of halogens is 3. The van der Waals surface area contributed by atoms with E-state index in [-0.39, 0.29) is 73.4 Å². The Morgan fingerprint density at radius 2 is 1.69 bits per heavy atom. The number of hydrogen-bond acceptors (Lipinski definition) is 5. The number of nitrogens with one attached hydrogen (secondary N) is 1. The lowest BCUT2D eigenvalue weighted by Gasteiger charge is -2.47. The van der Waals surface area contributed by atoms with Gasteiger partial charge in [0, 0.05) is 63.4 Å². The third kappa shape index (κ3) is 6.56. The molecule has 4 aliphatic heterocycles. The van der Waals surface area contributed by atoms with Gasteiger partial charge in [0.05, 0.1) is 24.8 Å². The van der Waals surface area contributed by atoms with Gasteiger partial charge in [-0.2, -0.15) is 0 Å². The lowest BCUT2D eigenvalue weighted by Crippen LogP contribution is -2.57. The normalized spacial score (nSPS) is 30.9. The second-order valence-electron chi connectivity index (χ2n) is 13.1. The van der Waals surface area contributed by atoms with Crippen molar-refractivity contribution in [2.75, 3.05) is 46.7 Å². The third-order valence-corrected chi connectivity index (χ3v) is 10.4. The first kappa shape index (κ1) is 31.4. The molecule has 1 aromatic carbocycles. The first-order chi connectivity index (χ1) is 19.7. The molecule has 6 rings (SSSR count). The molecule has 0 aromatic heterocycles. The fourth-order valence-electron chi connectivity index (χ4n) is 8.10. The minimum absolute atomic E-state index is 0. The molecule has 4 saturated heterocycles. The number of likely N-dealkylation sites (N-methyl/N-ethyl adjacent to an activating group) is 1. The molecule has 0 radical (unpaired) electrons. The Balaban J connectivity index is 0.00000353. The summed E-state index contributed by atoms with van der Waals surface area (Å²) in [6.07, 6.45) is 4.98. The maximum Gasteiger partial charge on any atom is 0.320 e. The summed E-state index contributed by atoms with van der Waals surface area (Å²) in [5.41, 5.74) is 0.904. The SMILES string of the molecule is CN1C(=O)N(CC2COCOC2)CC12CC1CCC(C2)N1CC[C@H](NC(=O)C1CCC(F)(F)CC1)c1ccccc1.Cl. The van der Waals surface area contributed by atoms with E-state index in [1.165, 1.54) is 0 Å². The van der Waals surface area contributed by atoms with Crippen LogP contribution < -0.4 is 5.32 Å². The second-order valence-corrected chi connectivity index (χ2v) is 13.1. The van der Waals surface area contributed by atoms with Crippen LogP contribution in [-0.4, -0.2) is 96.9 Å². The molecule has 3 atom stereocenters. The fourth-order valence-corrected chi connectivity index (χ4v) is 8.10. The molecular formula is C31H45ClF2N4O4. The molecule has 5 aliphatic rings. The molecule has 1 aliphatic carbocycles. The average molecular weight is 611 g/mol. The van der Waals surface area contributed by atoms with Crippen molar-refractivity contribution in [3.05, 3.63) is 35.9 Å². The Bertz CT molecular complexity index is 1070. The lowest BCUT2D eigenvalue weighted by molar-refractivity contribution is -0.130. The molecule has 2 bridgehead atoms. The number of hydrogen-bond donors (Lipinski definition) is 1. The highest BCUT2D eigenvalue weighted by atomic mass is 35.5. The maximum absolute atomic E-state index is 13.7. The van der Waals surface area contributed by atoms with Crippen LogP contribution in [0.1, 0.15) is 69.4 Å². The van der Waals surface area contributed by atoms with E-state index in [9.17, 15) is 18.4 Å². The van der Waals surface area contributed by atoms with Gasteiger partial charge in [0.25, 0.3) is 0 Å². The standard InChI is InChI=1S/C31H44F2N4O4.ClH/c1-35-29(39)36(17-22-18-40-21-41-19-22)20-30(35)15-25-7-8-26(16-30)37(25)14-11-27(23-5-3-2-4-6-23)34-28(38)24-9-12-31(32,33)13-10-24;/h2-6,22,24-27H,7-21H2,1H3,(H,34,38);1H/t25?,26?,27-,30?;/m0./s1. The number of fused-ring (bicyclic) bond motifs is 2. The Morgan fingerprint density at radius 3 is 2.33 bits per heavy atom. The average Bonchev–Trinajstić information content (AvgIpc) is 3.35. The van der Waals surface area contributed by atoms with E-state index < -0.39 is 5.92 Å². The van der Waals surface area contributed by atoms with Crippen molar-refractivity contribution >= 4 is 24.3 Å². The number of carbonyl (C=O) groups excluding carboxylic acids is 2. The summed E-state index contributed by atoms with van der Waals surface area (Å²) in [6, 6.07) is 10.8. The van der Waals surface area contributed by atoms with Gasteiger partial charge in [-0.05, 0) is 50.5 Å². The zero-order chi connectivity index (χ0) is 28.6. The molecule has 1 spiro atoms. The molecule has 5 fully saturated rings. The van der Waals surface area contributed by atoms with Gasteiger partial charge in [-0.15, -0.1) is 12.4 Å². The Kier molecular flexibility index (Phi) is 9.67. The topological polar surface area (TPSA) is 74.4 Å². The molecule has 1 N–H and O–H groups in total. The fraction of sp³-hybridized carbons (Fsp3) is 0.742. The molecule has 8 nitrogen and oxygen atoms in total. The first-order valence-corrected chi connectivity index (χ1v) is 15.4. The Hall–Kier alpha value is -2.01. The predicted octanol–water partition coefficient (Wildman–Crippen LogP) is 4.83. The van der Waals surface area contributed by atoms with Crippen molar-refractivity contribution in [3.63, 3.8) is 0 Å². The quantitative estimate of drug-likeness (QED) is 0.456. The van der Waals surface area contributed by atoms with E-state index in [0.29, 0.717) is 38.6 Å². The lowest BCUT2D eigenvalue weighted by atomic mass is 9.82. The molecule has 11 heteroatoms. The van der Waals surface area contributed by atoms with Gasteiger partial charge < -0.3 is 24.6 Å². The zero-order valence-corrected chi connectivity index (χ0v) is 25.3. The van der Waals surface area contributed by atoms with Gasteiger partial charge in [0.1, 0.15) is 6.79 Å². The highest BCUT2D eigenvalue weighted by molar-refractivity contribution is 5.85. The van der Waals surface area contributed by atoms with Crippen LogP contribution in [-0.2, 0) is 14.3 Å². The summed E-state index contributed by atoms with van der Waals surface area (Å²) in [5.74, 6) is -2.89. The van der Waals surface area contributed by atoms with Gasteiger partial charge in [0.15, 0.2) is 0 Å². The molecular weight excluding hydrogens is 566 g/mol. The number of piperidine rings is 1.